The Morgan fingerprint density at radius 1 is 0.475 bits per heavy atom. The Kier molecular flexibility index (Phi) is 46.6. The highest BCUT2D eigenvalue weighted by Crippen LogP contribution is 2.17. The molecule has 354 valence electrons. The molecule has 0 aromatic carbocycles. The summed E-state index contributed by atoms with van der Waals surface area (Å²) in [5, 5.41) is 23.7. The lowest BCUT2D eigenvalue weighted by atomic mass is 10.0. The van der Waals surface area contributed by atoms with Crippen molar-refractivity contribution in [1.82, 2.24) is 5.32 Å². The monoisotopic (exact) mass is 854 g/mol. The Labute approximate surface area is 378 Å². The molecular weight excluding hydrogens is 755 g/mol. The number of carbonyl (C=O) groups is 2. The molecule has 0 aromatic heterocycles. The molecule has 0 spiro atoms. The summed E-state index contributed by atoms with van der Waals surface area (Å²) in [6.45, 7) is 6.41. The summed E-state index contributed by atoms with van der Waals surface area (Å²) >= 11 is 0. The number of hydrogen-bond acceptors (Lipinski definition) is 5. The molecule has 6 nitrogen and oxygen atoms in total. The van der Waals surface area contributed by atoms with Gasteiger partial charge in [-0.1, -0.05) is 210 Å². The van der Waals surface area contributed by atoms with Crippen molar-refractivity contribution < 1.29 is 24.5 Å². The van der Waals surface area contributed by atoms with Crippen molar-refractivity contribution >= 4 is 11.9 Å². The molecule has 0 aliphatic carbocycles. The fourth-order valence-electron chi connectivity index (χ4n) is 7.59. The number of unbranched alkanes of at least 4 members (excludes halogenated alkanes) is 24. The number of rotatable bonds is 46. The average molecular weight is 854 g/mol. The van der Waals surface area contributed by atoms with Gasteiger partial charge < -0.3 is 20.3 Å². The minimum Gasteiger partial charge on any atom is -0.462 e. The van der Waals surface area contributed by atoms with Gasteiger partial charge in [-0.2, -0.15) is 0 Å². The van der Waals surface area contributed by atoms with Crippen LogP contribution in [-0.4, -0.2) is 46.9 Å². The van der Waals surface area contributed by atoms with Crippen LogP contribution in [0.5, 0.6) is 0 Å². The van der Waals surface area contributed by atoms with Gasteiger partial charge in [0.1, 0.15) is 6.10 Å². The highest BCUT2D eigenvalue weighted by molar-refractivity contribution is 5.77. The van der Waals surface area contributed by atoms with Crippen molar-refractivity contribution in [3.8, 4) is 0 Å². The first-order valence-corrected chi connectivity index (χ1v) is 26.0. The predicted molar refractivity (Wildman–Crippen MR) is 264 cm³/mol. The van der Waals surface area contributed by atoms with E-state index >= 15 is 0 Å². The summed E-state index contributed by atoms with van der Waals surface area (Å²) in [6, 6.07) is -0.718. The number of ether oxygens (including phenoxy) is 1. The van der Waals surface area contributed by atoms with Gasteiger partial charge in [0, 0.05) is 6.42 Å². The predicted octanol–water partition coefficient (Wildman–Crippen LogP) is 15.6. The van der Waals surface area contributed by atoms with E-state index in [1.807, 2.05) is 0 Å². The molecule has 6 heteroatoms. The summed E-state index contributed by atoms with van der Waals surface area (Å²) in [5.74, 6) is -0.556. The largest absolute Gasteiger partial charge is 0.462 e. The lowest BCUT2D eigenvalue weighted by Gasteiger charge is -2.24. The van der Waals surface area contributed by atoms with Crippen LogP contribution in [0.2, 0.25) is 0 Å². The van der Waals surface area contributed by atoms with E-state index in [-0.39, 0.29) is 24.9 Å². The van der Waals surface area contributed by atoms with E-state index in [9.17, 15) is 19.8 Å². The molecule has 0 radical (unpaired) electrons. The number of aliphatic hydroxyl groups is 2. The maximum Gasteiger partial charge on any atom is 0.306 e. The molecule has 3 unspecified atom stereocenters. The van der Waals surface area contributed by atoms with E-state index in [0.717, 1.165) is 77.0 Å². The number of carbonyl (C=O) groups excluding carboxylic acids is 2. The second-order valence-electron chi connectivity index (χ2n) is 17.6. The first kappa shape index (κ1) is 58.6. The molecule has 61 heavy (non-hydrogen) atoms. The summed E-state index contributed by atoms with van der Waals surface area (Å²) in [5.41, 5.74) is 0. The van der Waals surface area contributed by atoms with E-state index in [1.54, 1.807) is 0 Å². The molecule has 0 fully saturated rings. The van der Waals surface area contributed by atoms with Gasteiger partial charge in [-0.05, 0) is 89.9 Å². The van der Waals surface area contributed by atoms with Crippen molar-refractivity contribution in [2.75, 3.05) is 6.61 Å². The topological polar surface area (TPSA) is 95.9 Å². The highest BCUT2D eigenvalue weighted by atomic mass is 16.5. The minimum atomic E-state index is -0.801. The third-order valence-corrected chi connectivity index (χ3v) is 11.6. The first-order chi connectivity index (χ1) is 30.0. The van der Waals surface area contributed by atoms with Crippen molar-refractivity contribution in [1.29, 1.82) is 0 Å². The second-order valence-corrected chi connectivity index (χ2v) is 17.6. The number of hydrogen-bond donors (Lipinski definition) is 3. The molecule has 0 aromatic rings. The maximum absolute atomic E-state index is 13.2. The van der Waals surface area contributed by atoms with Crippen molar-refractivity contribution in [3.05, 3.63) is 60.8 Å². The Balaban J connectivity index is 4.58. The number of nitrogens with one attached hydrogen (secondary N) is 1. The lowest BCUT2D eigenvalue weighted by Crippen LogP contribution is -2.46. The Hall–Kier alpha value is -2.44. The molecule has 0 rings (SSSR count). The summed E-state index contributed by atoms with van der Waals surface area (Å²) in [6.07, 6.45) is 60.0. The van der Waals surface area contributed by atoms with Crippen molar-refractivity contribution in [2.24, 2.45) is 0 Å². The summed E-state index contributed by atoms with van der Waals surface area (Å²) < 4.78 is 5.88. The zero-order valence-corrected chi connectivity index (χ0v) is 40.3. The molecule has 1 amide bonds. The third-order valence-electron chi connectivity index (χ3n) is 11.6. The van der Waals surface area contributed by atoms with Gasteiger partial charge in [-0.3, -0.25) is 9.59 Å². The van der Waals surface area contributed by atoms with Crippen molar-refractivity contribution in [2.45, 2.75) is 270 Å². The quantitative estimate of drug-likeness (QED) is 0.0322. The Morgan fingerprint density at radius 2 is 0.836 bits per heavy atom. The molecule has 3 N–H and O–H groups in total. The summed E-state index contributed by atoms with van der Waals surface area (Å²) in [7, 11) is 0. The van der Waals surface area contributed by atoms with Crippen LogP contribution in [0, 0.1) is 0 Å². The minimum absolute atomic E-state index is 0.0441. The molecule has 0 saturated carbocycles. The van der Waals surface area contributed by atoms with E-state index in [0.29, 0.717) is 25.7 Å². The van der Waals surface area contributed by atoms with Crippen LogP contribution in [0.3, 0.4) is 0 Å². The van der Waals surface area contributed by atoms with Crippen LogP contribution >= 0.6 is 0 Å². The second kappa shape index (κ2) is 48.6. The highest BCUT2D eigenvalue weighted by Gasteiger charge is 2.24. The number of aliphatic hydroxyl groups excluding tert-OH is 2. The van der Waals surface area contributed by atoms with Gasteiger partial charge in [0.2, 0.25) is 5.91 Å². The van der Waals surface area contributed by atoms with Crippen LogP contribution in [0.15, 0.2) is 60.8 Å². The Bertz CT molecular complexity index is 1090. The van der Waals surface area contributed by atoms with Gasteiger partial charge in [-0.15, -0.1) is 0 Å². The standard InChI is InChI=1S/C55H99NO5/c1-4-7-10-13-16-19-22-24-26-27-29-31-33-36-39-42-45-48-55(60)61-51(46-43-40-37-34-21-18-15-12-9-6-3)49-54(59)56-52(50-57)53(58)47-44-41-38-35-32-30-28-25-23-20-17-14-11-8-5-2/h16,18-19,21,24,26,29,31,36,39,51-53,57-58H,4-15,17,20,22-23,25,27-28,30,32-35,37-38,40-50H2,1-3H3,(H,56,59)/b19-16-,21-18-,26-24-,31-29-,39-36-. The summed E-state index contributed by atoms with van der Waals surface area (Å²) in [4.78, 5) is 26.1. The van der Waals surface area contributed by atoms with Gasteiger partial charge in [-0.25, -0.2) is 0 Å². The zero-order valence-electron chi connectivity index (χ0n) is 40.3. The SMILES string of the molecule is CCCCC/C=C\C/C=C\C/C=C\C/C=C\CCCC(=O)OC(CCCCC/C=C\CCCCC)CC(=O)NC(CO)C(O)CCCCCCCCCCCCCCCCC. The zero-order chi connectivity index (χ0) is 44.5. The molecule has 0 aliphatic heterocycles. The van der Waals surface area contributed by atoms with Crippen LogP contribution in [-0.2, 0) is 14.3 Å². The molecular formula is C55H99NO5. The number of esters is 1. The van der Waals surface area contributed by atoms with Crippen molar-refractivity contribution in [3.63, 3.8) is 0 Å². The van der Waals surface area contributed by atoms with Crippen LogP contribution in [0.25, 0.3) is 0 Å². The molecule has 3 atom stereocenters. The maximum atomic E-state index is 13.2. The van der Waals surface area contributed by atoms with E-state index in [2.05, 4.69) is 86.8 Å². The third kappa shape index (κ3) is 44.0. The van der Waals surface area contributed by atoms with Crippen LogP contribution in [0.4, 0.5) is 0 Å². The van der Waals surface area contributed by atoms with Crippen LogP contribution in [0.1, 0.15) is 252 Å². The van der Waals surface area contributed by atoms with E-state index in [4.69, 9.17) is 4.74 Å². The first-order valence-electron chi connectivity index (χ1n) is 26.0. The number of allylic oxidation sites excluding steroid dienone is 10. The molecule has 0 saturated heterocycles. The van der Waals surface area contributed by atoms with Gasteiger partial charge >= 0.3 is 5.97 Å². The number of amides is 1. The van der Waals surface area contributed by atoms with Gasteiger partial charge in [0.15, 0.2) is 0 Å². The van der Waals surface area contributed by atoms with E-state index < -0.39 is 18.2 Å². The normalized spacial score (nSPS) is 13.7. The lowest BCUT2D eigenvalue weighted by molar-refractivity contribution is -0.151. The van der Waals surface area contributed by atoms with Crippen LogP contribution < -0.4 is 5.32 Å². The van der Waals surface area contributed by atoms with E-state index in [1.165, 1.54) is 122 Å². The molecule has 0 heterocycles. The smallest absolute Gasteiger partial charge is 0.306 e. The Morgan fingerprint density at radius 3 is 1.31 bits per heavy atom. The average Bonchev–Trinajstić information content (AvgIpc) is 3.25. The molecule has 0 aliphatic rings. The fraction of sp³-hybridized carbons (Fsp3) is 0.782. The van der Waals surface area contributed by atoms with Gasteiger partial charge in [0.25, 0.3) is 0 Å². The fourth-order valence-corrected chi connectivity index (χ4v) is 7.59. The van der Waals surface area contributed by atoms with Gasteiger partial charge in [0.05, 0.1) is 25.2 Å². The molecule has 0 bridgehead atoms.